The van der Waals surface area contributed by atoms with Crippen molar-refractivity contribution in [3.05, 3.63) is 53.6 Å². The predicted molar refractivity (Wildman–Crippen MR) is 81.2 cm³/mol. The van der Waals surface area contributed by atoms with Gasteiger partial charge < -0.3 is 19.3 Å². The van der Waals surface area contributed by atoms with Crippen LogP contribution in [0.2, 0.25) is 0 Å². The van der Waals surface area contributed by atoms with Crippen molar-refractivity contribution in [1.29, 1.82) is 0 Å². The van der Waals surface area contributed by atoms with Crippen LogP contribution in [0.4, 0.5) is 0 Å². The normalized spacial score (nSPS) is 11.8. The summed E-state index contributed by atoms with van der Waals surface area (Å²) in [5, 5.41) is 10.2. The van der Waals surface area contributed by atoms with Crippen LogP contribution in [0, 0.1) is 6.92 Å². The summed E-state index contributed by atoms with van der Waals surface area (Å²) in [5.74, 6) is 1.96. The second-order valence-electron chi connectivity index (χ2n) is 4.75. The summed E-state index contributed by atoms with van der Waals surface area (Å²) in [6, 6.07) is 13.0. The molecule has 0 aliphatic rings. The van der Waals surface area contributed by atoms with Gasteiger partial charge in [0.05, 0.1) is 14.2 Å². The molecule has 0 spiro atoms. The molecule has 0 aliphatic carbocycles. The molecule has 0 saturated heterocycles. The lowest BCUT2D eigenvalue weighted by atomic mass is 10.1. The summed E-state index contributed by atoms with van der Waals surface area (Å²) >= 11 is 0. The lowest BCUT2D eigenvalue weighted by Gasteiger charge is -2.15. The average Bonchev–Trinajstić information content (AvgIpc) is 2.53. The lowest BCUT2D eigenvalue weighted by molar-refractivity contribution is 0.108. The van der Waals surface area contributed by atoms with E-state index < -0.39 is 6.10 Å². The van der Waals surface area contributed by atoms with E-state index >= 15 is 0 Å². The van der Waals surface area contributed by atoms with Crippen molar-refractivity contribution in [2.24, 2.45) is 0 Å². The highest BCUT2D eigenvalue weighted by Gasteiger charge is 2.12. The van der Waals surface area contributed by atoms with Crippen LogP contribution < -0.4 is 14.2 Å². The largest absolute Gasteiger partial charge is 0.493 e. The number of aryl methyl sites for hydroxylation is 1. The molecule has 2 aromatic rings. The van der Waals surface area contributed by atoms with Gasteiger partial charge in [0.25, 0.3) is 0 Å². The number of hydrogen-bond donors (Lipinski definition) is 1. The van der Waals surface area contributed by atoms with Crippen molar-refractivity contribution < 1.29 is 19.3 Å². The third-order valence-corrected chi connectivity index (χ3v) is 3.22. The molecule has 4 nitrogen and oxygen atoms in total. The fourth-order valence-corrected chi connectivity index (χ4v) is 1.97. The van der Waals surface area contributed by atoms with Crippen LogP contribution in [-0.4, -0.2) is 25.9 Å². The maximum Gasteiger partial charge on any atom is 0.161 e. The van der Waals surface area contributed by atoms with Crippen LogP contribution >= 0.6 is 0 Å². The topological polar surface area (TPSA) is 47.9 Å². The van der Waals surface area contributed by atoms with Gasteiger partial charge in [-0.05, 0) is 36.8 Å². The number of benzene rings is 2. The van der Waals surface area contributed by atoms with E-state index in [2.05, 4.69) is 0 Å². The second-order valence-corrected chi connectivity index (χ2v) is 4.75. The Labute approximate surface area is 124 Å². The molecule has 1 N–H and O–H groups in total. The first-order valence-corrected chi connectivity index (χ1v) is 6.73. The minimum Gasteiger partial charge on any atom is -0.493 e. The van der Waals surface area contributed by atoms with Crippen molar-refractivity contribution in [3.63, 3.8) is 0 Å². The molecule has 0 amide bonds. The first kappa shape index (κ1) is 15.2. The molecule has 0 fully saturated rings. The van der Waals surface area contributed by atoms with Gasteiger partial charge in [0.15, 0.2) is 11.5 Å². The maximum absolute atomic E-state index is 10.2. The van der Waals surface area contributed by atoms with Gasteiger partial charge >= 0.3 is 0 Å². The molecule has 112 valence electrons. The van der Waals surface area contributed by atoms with Gasteiger partial charge in [0, 0.05) is 0 Å². The standard InChI is InChI=1S/C17H20O4/c1-12-4-7-14(8-5-12)21-11-15(18)13-6-9-16(19-2)17(10-13)20-3/h4-10,15,18H,11H2,1-3H3. The number of methoxy groups -OCH3 is 2. The van der Waals surface area contributed by atoms with Gasteiger partial charge in [0.1, 0.15) is 18.5 Å². The minimum atomic E-state index is -0.730. The van der Waals surface area contributed by atoms with Crippen LogP contribution in [0.25, 0.3) is 0 Å². The molecule has 4 heteroatoms. The summed E-state index contributed by atoms with van der Waals surface area (Å²) < 4.78 is 16.0. The zero-order valence-corrected chi connectivity index (χ0v) is 12.5. The van der Waals surface area contributed by atoms with Crippen molar-refractivity contribution in [1.82, 2.24) is 0 Å². The average molecular weight is 288 g/mol. The Morgan fingerprint density at radius 1 is 0.952 bits per heavy atom. The van der Waals surface area contributed by atoms with E-state index in [-0.39, 0.29) is 6.61 Å². The van der Waals surface area contributed by atoms with E-state index in [0.29, 0.717) is 11.5 Å². The highest BCUT2D eigenvalue weighted by atomic mass is 16.5. The smallest absolute Gasteiger partial charge is 0.161 e. The number of ether oxygens (including phenoxy) is 3. The molecule has 0 bridgehead atoms. The summed E-state index contributed by atoms with van der Waals surface area (Å²) in [5.41, 5.74) is 1.89. The zero-order chi connectivity index (χ0) is 15.2. The van der Waals surface area contributed by atoms with Gasteiger partial charge in [-0.15, -0.1) is 0 Å². The second kappa shape index (κ2) is 6.99. The predicted octanol–water partition coefficient (Wildman–Crippen LogP) is 3.12. The van der Waals surface area contributed by atoms with E-state index in [1.807, 2.05) is 31.2 Å². The maximum atomic E-state index is 10.2. The molecule has 1 atom stereocenters. The first-order chi connectivity index (χ1) is 10.1. The molecule has 0 aromatic heterocycles. The number of aliphatic hydroxyl groups is 1. The first-order valence-electron chi connectivity index (χ1n) is 6.73. The molecular weight excluding hydrogens is 268 g/mol. The fraction of sp³-hybridized carbons (Fsp3) is 0.294. The Balaban J connectivity index is 2.02. The van der Waals surface area contributed by atoms with Gasteiger partial charge in [-0.25, -0.2) is 0 Å². The van der Waals surface area contributed by atoms with Crippen LogP contribution in [-0.2, 0) is 0 Å². The molecule has 21 heavy (non-hydrogen) atoms. The quantitative estimate of drug-likeness (QED) is 0.887. The lowest BCUT2D eigenvalue weighted by Crippen LogP contribution is -2.10. The monoisotopic (exact) mass is 288 g/mol. The number of aliphatic hydroxyl groups excluding tert-OH is 1. The highest BCUT2D eigenvalue weighted by molar-refractivity contribution is 5.43. The van der Waals surface area contributed by atoms with Crippen molar-refractivity contribution in [3.8, 4) is 17.2 Å². The van der Waals surface area contributed by atoms with E-state index in [1.165, 1.54) is 5.56 Å². The van der Waals surface area contributed by atoms with Gasteiger partial charge in [-0.3, -0.25) is 0 Å². The minimum absolute atomic E-state index is 0.179. The summed E-state index contributed by atoms with van der Waals surface area (Å²) in [6.07, 6.45) is -0.730. The molecule has 0 heterocycles. The molecule has 2 rings (SSSR count). The number of rotatable bonds is 6. The van der Waals surface area contributed by atoms with Crippen molar-refractivity contribution >= 4 is 0 Å². The van der Waals surface area contributed by atoms with Gasteiger partial charge in [-0.1, -0.05) is 23.8 Å². The van der Waals surface area contributed by atoms with E-state index in [4.69, 9.17) is 14.2 Å². The molecule has 0 saturated carbocycles. The Hall–Kier alpha value is -2.20. The summed E-state index contributed by atoms with van der Waals surface area (Å²) in [6.45, 7) is 2.20. The summed E-state index contributed by atoms with van der Waals surface area (Å²) in [4.78, 5) is 0. The fourth-order valence-electron chi connectivity index (χ4n) is 1.97. The van der Waals surface area contributed by atoms with Gasteiger partial charge in [-0.2, -0.15) is 0 Å². The van der Waals surface area contributed by atoms with E-state index in [0.717, 1.165) is 11.3 Å². The summed E-state index contributed by atoms with van der Waals surface area (Å²) in [7, 11) is 3.14. The van der Waals surface area contributed by atoms with E-state index in [1.54, 1.807) is 32.4 Å². The van der Waals surface area contributed by atoms with E-state index in [9.17, 15) is 5.11 Å². The Morgan fingerprint density at radius 2 is 1.62 bits per heavy atom. The molecular formula is C17H20O4. The zero-order valence-electron chi connectivity index (χ0n) is 12.5. The molecule has 1 unspecified atom stereocenters. The van der Waals surface area contributed by atoms with Crippen LogP contribution in [0.1, 0.15) is 17.2 Å². The highest BCUT2D eigenvalue weighted by Crippen LogP contribution is 2.30. The van der Waals surface area contributed by atoms with Crippen LogP contribution in [0.5, 0.6) is 17.2 Å². The SMILES string of the molecule is COc1ccc(C(O)COc2ccc(C)cc2)cc1OC. The molecule has 0 radical (unpaired) electrons. The van der Waals surface area contributed by atoms with Crippen LogP contribution in [0.3, 0.4) is 0 Å². The Morgan fingerprint density at radius 3 is 2.24 bits per heavy atom. The van der Waals surface area contributed by atoms with Crippen molar-refractivity contribution in [2.45, 2.75) is 13.0 Å². The van der Waals surface area contributed by atoms with Crippen LogP contribution in [0.15, 0.2) is 42.5 Å². The van der Waals surface area contributed by atoms with Crippen molar-refractivity contribution in [2.75, 3.05) is 20.8 Å². The van der Waals surface area contributed by atoms with Gasteiger partial charge in [0.2, 0.25) is 0 Å². The number of hydrogen-bond acceptors (Lipinski definition) is 4. The third kappa shape index (κ3) is 3.89. The molecule has 0 aliphatic heterocycles. The Bertz CT molecular complexity index is 578. The third-order valence-electron chi connectivity index (χ3n) is 3.22. The Kier molecular flexibility index (Phi) is 5.06. The molecule has 2 aromatic carbocycles.